The van der Waals surface area contributed by atoms with Gasteiger partial charge in [0.1, 0.15) is 0 Å². The van der Waals surface area contributed by atoms with E-state index in [9.17, 15) is 13.2 Å². The number of hydrogen-bond donors (Lipinski definition) is 0. The van der Waals surface area contributed by atoms with Crippen molar-refractivity contribution in [3.8, 4) is 0 Å². The van der Waals surface area contributed by atoms with E-state index < -0.39 is 10.0 Å². The number of rotatable bonds is 5. The molecular weight excluding hydrogens is 326 g/mol. The number of carbonyl (C=O) groups excluding carboxylic acids is 1. The van der Waals surface area contributed by atoms with Crippen molar-refractivity contribution in [2.75, 3.05) is 46.8 Å². The van der Waals surface area contributed by atoms with Crippen LogP contribution in [0.25, 0.3) is 6.08 Å². The summed E-state index contributed by atoms with van der Waals surface area (Å²) < 4.78 is 26.5. The quantitative estimate of drug-likeness (QED) is 0.797. The molecule has 1 fully saturated rings. The molecule has 1 saturated heterocycles. The molecule has 1 heterocycles. The van der Waals surface area contributed by atoms with Crippen LogP contribution in [0.15, 0.2) is 35.7 Å². The molecule has 2 rings (SSSR count). The Morgan fingerprint density at radius 3 is 2.50 bits per heavy atom. The highest BCUT2D eigenvalue weighted by Crippen LogP contribution is 2.12. The van der Waals surface area contributed by atoms with E-state index in [4.69, 9.17) is 0 Å². The first-order valence-electron chi connectivity index (χ1n) is 8.04. The lowest BCUT2D eigenvalue weighted by molar-refractivity contribution is -0.129. The van der Waals surface area contributed by atoms with Gasteiger partial charge in [-0.05, 0) is 24.6 Å². The molecule has 0 radical (unpaired) electrons. The second-order valence-electron chi connectivity index (χ2n) is 6.08. The largest absolute Gasteiger partial charge is 0.348 e. The van der Waals surface area contributed by atoms with Crippen LogP contribution in [0.4, 0.5) is 0 Å². The van der Waals surface area contributed by atoms with E-state index in [0.717, 1.165) is 18.5 Å². The molecule has 1 aromatic rings. The summed E-state index contributed by atoms with van der Waals surface area (Å²) in [5.41, 5.74) is 0.856. The fraction of sp³-hybridized carbons (Fsp3) is 0.471. The average molecular weight is 351 g/mol. The molecule has 0 unspecified atom stereocenters. The number of benzene rings is 1. The summed E-state index contributed by atoms with van der Waals surface area (Å²) in [6.45, 7) is 2.52. The van der Waals surface area contributed by atoms with Gasteiger partial charge in [-0.15, -0.1) is 0 Å². The van der Waals surface area contributed by atoms with Gasteiger partial charge in [0.25, 0.3) is 0 Å². The molecule has 6 nitrogen and oxygen atoms in total. The number of carbonyl (C=O) groups is 1. The highest BCUT2D eigenvalue weighted by Gasteiger charge is 2.24. The van der Waals surface area contributed by atoms with Crippen LogP contribution in [-0.4, -0.2) is 75.2 Å². The van der Waals surface area contributed by atoms with Gasteiger partial charge in [0.15, 0.2) is 0 Å². The molecule has 7 heteroatoms. The SMILES string of the molecule is CN(C)C(=O)CN1CCCN(S(=O)(=O)/C=C/c2ccccc2)CC1. The van der Waals surface area contributed by atoms with Crippen LogP contribution in [0.3, 0.4) is 0 Å². The molecule has 24 heavy (non-hydrogen) atoms. The van der Waals surface area contributed by atoms with Gasteiger partial charge < -0.3 is 4.90 Å². The van der Waals surface area contributed by atoms with Gasteiger partial charge in [-0.3, -0.25) is 9.69 Å². The number of likely N-dealkylation sites (N-methyl/N-ethyl adjacent to an activating group) is 1. The first-order valence-corrected chi connectivity index (χ1v) is 9.54. The second-order valence-corrected chi connectivity index (χ2v) is 7.89. The molecule has 0 aromatic heterocycles. The van der Waals surface area contributed by atoms with E-state index >= 15 is 0 Å². The maximum absolute atomic E-state index is 12.5. The van der Waals surface area contributed by atoms with E-state index in [1.165, 1.54) is 9.71 Å². The van der Waals surface area contributed by atoms with Crippen LogP contribution >= 0.6 is 0 Å². The lowest BCUT2D eigenvalue weighted by Gasteiger charge is -2.21. The Hall–Kier alpha value is -1.70. The topological polar surface area (TPSA) is 60.9 Å². The van der Waals surface area contributed by atoms with E-state index in [0.29, 0.717) is 26.2 Å². The van der Waals surface area contributed by atoms with Crippen molar-refractivity contribution in [3.63, 3.8) is 0 Å². The van der Waals surface area contributed by atoms with Crippen LogP contribution in [0.2, 0.25) is 0 Å². The zero-order valence-electron chi connectivity index (χ0n) is 14.3. The monoisotopic (exact) mass is 351 g/mol. The summed E-state index contributed by atoms with van der Waals surface area (Å²) >= 11 is 0. The van der Waals surface area contributed by atoms with E-state index in [1.54, 1.807) is 25.1 Å². The predicted molar refractivity (Wildman–Crippen MR) is 95.7 cm³/mol. The normalized spacial score (nSPS) is 17.8. The van der Waals surface area contributed by atoms with Gasteiger partial charge >= 0.3 is 0 Å². The molecule has 0 N–H and O–H groups in total. The fourth-order valence-electron chi connectivity index (χ4n) is 2.51. The molecule has 0 bridgehead atoms. The maximum atomic E-state index is 12.5. The first kappa shape index (κ1) is 18.6. The minimum atomic E-state index is -3.44. The standard InChI is InChI=1S/C17H25N3O3S/c1-18(2)17(21)15-19-10-6-11-20(13-12-19)24(22,23)14-9-16-7-4-3-5-8-16/h3-5,7-9,14H,6,10-13,15H2,1-2H3/b14-9+. The third kappa shape index (κ3) is 5.43. The average Bonchev–Trinajstić information content (AvgIpc) is 2.80. The van der Waals surface area contributed by atoms with Crippen molar-refractivity contribution in [1.82, 2.24) is 14.1 Å². The van der Waals surface area contributed by atoms with Crippen molar-refractivity contribution in [1.29, 1.82) is 0 Å². The van der Waals surface area contributed by atoms with Crippen LogP contribution in [0.5, 0.6) is 0 Å². The second kappa shape index (κ2) is 8.41. The van der Waals surface area contributed by atoms with Crippen molar-refractivity contribution in [2.45, 2.75) is 6.42 Å². The summed E-state index contributed by atoms with van der Waals surface area (Å²) in [7, 11) is 0.0126. The summed E-state index contributed by atoms with van der Waals surface area (Å²) in [5, 5.41) is 1.27. The number of nitrogens with zero attached hydrogens (tertiary/aromatic N) is 3. The highest BCUT2D eigenvalue weighted by molar-refractivity contribution is 7.92. The number of hydrogen-bond acceptors (Lipinski definition) is 4. The summed E-state index contributed by atoms with van der Waals surface area (Å²) in [6, 6.07) is 9.37. The lowest BCUT2D eigenvalue weighted by Crippen LogP contribution is -2.39. The minimum absolute atomic E-state index is 0.0373. The molecule has 0 aliphatic carbocycles. The molecule has 0 spiro atoms. The van der Waals surface area contributed by atoms with Crippen LogP contribution in [-0.2, 0) is 14.8 Å². The van der Waals surface area contributed by atoms with Gasteiger partial charge in [-0.25, -0.2) is 8.42 Å². The Balaban J connectivity index is 1.97. The van der Waals surface area contributed by atoms with Crippen molar-refractivity contribution >= 4 is 22.0 Å². The van der Waals surface area contributed by atoms with Gasteiger partial charge in [0.05, 0.1) is 6.54 Å². The summed E-state index contributed by atoms with van der Waals surface area (Å²) in [5.74, 6) is 0.0373. The molecule has 1 aliphatic rings. The van der Waals surface area contributed by atoms with Gasteiger partial charge in [-0.2, -0.15) is 4.31 Å². The third-order valence-electron chi connectivity index (χ3n) is 4.00. The van der Waals surface area contributed by atoms with Crippen molar-refractivity contribution in [3.05, 3.63) is 41.3 Å². The van der Waals surface area contributed by atoms with Crippen LogP contribution < -0.4 is 0 Å². The Bertz CT molecular complexity index is 672. The molecule has 0 atom stereocenters. The Kier molecular flexibility index (Phi) is 6.53. The minimum Gasteiger partial charge on any atom is -0.348 e. The highest BCUT2D eigenvalue weighted by atomic mass is 32.2. The fourth-order valence-corrected chi connectivity index (χ4v) is 3.73. The molecule has 1 aromatic carbocycles. The predicted octanol–water partition coefficient (Wildman–Crippen LogP) is 1.08. The Morgan fingerprint density at radius 2 is 1.83 bits per heavy atom. The molecule has 0 saturated carbocycles. The first-order chi connectivity index (χ1) is 11.4. The zero-order valence-corrected chi connectivity index (χ0v) is 15.1. The van der Waals surface area contributed by atoms with E-state index in [1.807, 2.05) is 35.2 Å². The molecular formula is C17H25N3O3S. The van der Waals surface area contributed by atoms with Crippen molar-refractivity contribution in [2.24, 2.45) is 0 Å². The van der Waals surface area contributed by atoms with Gasteiger partial charge in [-0.1, -0.05) is 30.3 Å². The van der Waals surface area contributed by atoms with E-state index in [-0.39, 0.29) is 5.91 Å². The number of amides is 1. The molecule has 1 amide bonds. The summed E-state index contributed by atoms with van der Waals surface area (Å²) in [6.07, 6.45) is 2.34. The zero-order chi connectivity index (χ0) is 17.6. The third-order valence-corrected chi connectivity index (χ3v) is 5.56. The smallest absolute Gasteiger partial charge is 0.236 e. The Morgan fingerprint density at radius 1 is 1.12 bits per heavy atom. The molecule has 132 valence electrons. The lowest BCUT2D eigenvalue weighted by atomic mass is 10.2. The van der Waals surface area contributed by atoms with E-state index in [2.05, 4.69) is 0 Å². The maximum Gasteiger partial charge on any atom is 0.236 e. The van der Waals surface area contributed by atoms with Gasteiger partial charge in [0.2, 0.25) is 15.9 Å². The van der Waals surface area contributed by atoms with Gasteiger partial charge in [0, 0.05) is 39.1 Å². The number of sulfonamides is 1. The summed E-state index contributed by atoms with van der Waals surface area (Å²) in [4.78, 5) is 15.4. The van der Waals surface area contributed by atoms with Crippen LogP contribution in [0.1, 0.15) is 12.0 Å². The molecule has 1 aliphatic heterocycles. The Labute approximate surface area is 144 Å². The van der Waals surface area contributed by atoms with Crippen molar-refractivity contribution < 1.29 is 13.2 Å². The van der Waals surface area contributed by atoms with Crippen LogP contribution in [0, 0.1) is 0 Å².